The Kier molecular flexibility index (Phi) is 4.98. The quantitative estimate of drug-likeness (QED) is 0.871. The highest BCUT2D eigenvalue weighted by Gasteiger charge is 2.10. The third-order valence-corrected chi connectivity index (χ3v) is 2.88. The topological polar surface area (TPSA) is 34.4 Å². The molecule has 0 aliphatic carbocycles. The lowest BCUT2D eigenvalue weighted by atomic mass is 10.2. The molecule has 0 atom stereocenters. The highest BCUT2D eigenvalue weighted by molar-refractivity contribution is 6.30. The van der Waals surface area contributed by atoms with Gasteiger partial charge in [-0.05, 0) is 37.3 Å². The molecule has 2 rings (SSSR count). The summed E-state index contributed by atoms with van der Waals surface area (Å²) in [5, 5.41) is 3.56. The Labute approximate surface area is 120 Å². The van der Waals surface area contributed by atoms with E-state index in [1.54, 1.807) is 6.07 Å². The first kappa shape index (κ1) is 14.8. The summed E-state index contributed by atoms with van der Waals surface area (Å²) < 4.78 is 34.5. The second kappa shape index (κ2) is 6.72. The highest BCUT2D eigenvalue weighted by atomic mass is 35.5. The predicted octanol–water partition coefficient (Wildman–Crippen LogP) is 4.13. The monoisotopic (exact) mass is 301 g/mol. The van der Waals surface area contributed by atoms with E-state index in [-0.39, 0.29) is 5.75 Å². The molecule has 6 heteroatoms. The number of hydrogen-bond donors (Lipinski definition) is 1. The number of aryl methyl sites for hydroxylation is 1. The minimum atomic E-state index is -2.86. The molecule has 2 aromatic rings. The molecule has 1 aromatic heterocycles. The maximum absolute atomic E-state index is 12.3. The second-order valence-electron chi connectivity index (χ2n) is 4.25. The maximum Gasteiger partial charge on any atom is 0.387 e. The Morgan fingerprint density at radius 2 is 2.05 bits per heavy atom. The number of nitrogens with one attached hydrogen (secondary N) is 1. The van der Waals surface area contributed by atoms with Crippen LogP contribution in [-0.4, -0.2) is 6.61 Å². The van der Waals surface area contributed by atoms with Crippen molar-refractivity contribution in [1.82, 2.24) is 5.32 Å². The number of rotatable bonds is 6. The van der Waals surface area contributed by atoms with Crippen molar-refractivity contribution in [2.24, 2.45) is 0 Å². The molecule has 0 fully saturated rings. The van der Waals surface area contributed by atoms with Crippen molar-refractivity contribution in [3.8, 4) is 5.75 Å². The van der Waals surface area contributed by atoms with E-state index in [9.17, 15) is 8.78 Å². The van der Waals surface area contributed by atoms with E-state index in [1.165, 1.54) is 12.1 Å². The first-order valence-corrected chi connectivity index (χ1v) is 6.41. The van der Waals surface area contributed by atoms with Gasteiger partial charge in [0.05, 0.1) is 6.54 Å². The molecule has 0 bridgehead atoms. The van der Waals surface area contributed by atoms with Gasteiger partial charge in [0.2, 0.25) is 0 Å². The molecule has 20 heavy (non-hydrogen) atoms. The second-order valence-corrected chi connectivity index (χ2v) is 4.68. The van der Waals surface area contributed by atoms with Crippen LogP contribution in [0.1, 0.15) is 17.1 Å². The number of benzene rings is 1. The smallest absolute Gasteiger partial charge is 0.387 e. The first-order valence-electron chi connectivity index (χ1n) is 6.04. The zero-order valence-electron chi connectivity index (χ0n) is 10.8. The van der Waals surface area contributed by atoms with Crippen LogP contribution in [0.25, 0.3) is 0 Å². The Morgan fingerprint density at radius 3 is 2.70 bits per heavy atom. The lowest BCUT2D eigenvalue weighted by Crippen LogP contribution is -2.14. The predicted molar refractivity (Wildman–Crippen MR) is 72.1 cm³/mol. The fourth-order valence-corrected chi connectivity index (χ4v) is 1.99. The summed E-state index contributed by atoms with van der Waals surface area (Å²) >= 11 is 5.86. The van der Waals surface area contributed by atoms with Gasteiger partial charge in [-0.25, -0.2) is 0 Å². The summed E-state index contributed by atoms with van der Waals surface area (Å²) in [7, 11) is 0. The standard InChI is InChI=1S/C14H14ClF2NO2/c1-9-2-4-12(19-9)8-18-7-10-6-11(15)3-5-13(10)20-14(16)17/h2-6,14,18H,7-8H2,1H3. The Balaban J connectivity index is 1.98. The lowest BCUT2D eigenvalue weighted by Gasteiger charge is -2.11. The molecule has 0 saturated heterocycles. The summed E-state index contributed by atoms with van der Waals surface area (Å²) in [6, 6.07) is 8.26. The van der Waals surface area contributed by atoms with Crippen LogP contribution in [0.4, 0.5) is 8.78 Å². The molecule has 0 saturated carbocycles. The maximum atomic E-state index is 12.3. The van der Waals surface area contributed by atoms with E-state index in [0.717, 1.165) is 11.5 Å². The van der Waals surface area contributed by atoms with Gasteiger partial charge in [-0.3, -0.25) is 0 Å². The van der Waals surface area contributed by atoms with Gasteiger partial charge in [0.25, 0.3) is 0 Å². The van der Waals surface area contributed by atoms with Crippen molar-refractivity contribution in [2.45, 2.75) is 26.6 Å². The van der Waals surface area contributed by atoms with Crippen molar-refractivity contribution in [2.75, 3.05) is 0 Å². The Hall–Kier alpha value is -1.59. The molecule has 0 spiro atoms. The first-order chi connectivity index (χ1) is 9.54. The third kappa shape index (κ3) is 4.21. The molecule has 0 aliphatic heterocycles. The largest absolute Gasteiger partial charge is 0.465 e. The van der Waals surface area contributed by atoms with Crippen LogP contribution < -0.4 is 10.1 Å². The summed E-state index contributed by atoms with van der Waals surface area (Å²) in [5.74, 6) is 1.72. The van der Waals surface area contributed by atoms with Crippen LogP contribution in [-0.2, 0) is 13.1 Å². The minimum Gasteiger partial charge on any atom is -0.465 e. The number of furan rings is 1. The fourth-order valence-electron chi connectivity index (χ4n) is 1.80. The van der Waals surface area contributed by atoms with Crippen LogP contribution in [0.2, 0.25) is 5.02 Å². The minimum absolute atomic E-state index is 0.118. The molecule has 0 aliphatic rings. The average Bonchev–Trinajstić information content (AvgIpc) is 2.78. The number of ether oxygens (including phenoxy) is 1. The van der Waals surface area contributed by atoms with Crippen molar-refractivity contribution in [3.05, 3.63) is 52.4 Å². The van der Waals surface area contributed by atoms with Crippen LogP contribution >= 0.6 is 11.6 Å². The molecule has 0 amide bonds. The highest BCUT2D eigenvalue weighted by Crippen LogP contribution is 2.24. The molecular formula is C14H14ClF2NO2. The lowest BCUT2D eigenvalue weighted by molar-refractivity contribution is -0.0505. The van der Waals surface area contributed by atoms with Gasteiger partial charge in [0, 0.05) is 17.1 Å². The van der Waals surface area contributed by atoms with E-state index in [0.29, 0.717) is 23.7 Å². The molecular weight excluding hydrogens is 288 g/mol. The van der Waals surface area contributed by atoms with Crippen LogP contribution in [0.15, 0.2) is 34.7 Å². The summed E-state index contributed by atoms with van der Waals surface area (Å²) in [6.07, 6.45) is 0. The van der Waals surface area contributed by atoms with Crippen molar-refractivity contribution >= 4 is 11.6 Å². The molecule has 1 aromatic carbocycles. The normalized spacial score (nSPS) is 11.1. The molecule has 1 heterocycles. The Bertz CT molecular complexity index is 572. The van der Waals surface area contributed by atoms with E-state index in [1.807, 2.05) is 19.1 Å². The number of alkyl halides is 2. The van der Waals surface area contributed by atoms with E-state index < -0.39 is 6.61 Å². The third-order valence-electron chi connectivity index (χ3n) is 2.65. The van der Waals surface area contributed by atoms with Gasteiger partial charge in [-0.2, -0.15) is 8.78 Å². The Morgan fingerprint density at radius 1 is 1.25 bits per heavy atom. The van der Waals surface area contributed by atoms with E-state index >= 15 is 0 Å². The van der Waals surface area contributed by atoms with Crippen LogP contribution in [0.3, 0.4) is 0 Å². The van der Waals surface area contributed by atoms with Crippen molar-refractivity contribution in [3.63, 3.8) is 0 Å². The summed E-state index contributed by atoms with van der Waals surface area (Å²) in [4.78, 5) is 0. The summed E-state index contributed by atoms with van der Waals surface area (Å²) in [6.45, 7) is -0.158. The van der Waals surface area contributed by atoms with Gasteiger partial charge in [-0.1, -0.05) is 11.6 Å². The van der Waals surface area contributed by atoms with Crippen molar-refractivity contribution < 1.29 is 17.9 Å². The SMILES string of the molecule is Cc1ccc(CNCc2cc(Cl)ccc2OC(F)F)o1. The van der Waals surface area contributed by atoms with Crippen molar-refractivity contribution in [1.29, 1.82) is 0 Å². The van der Waals surface area contributed by atoms with Gasteiger partial charge in [-0.15, -0.1) is 0 Å². The number of hydrogen-bond acceptors (Lipinski definition) is 3. The average molecular weight is 302 g/mol. The van der Waals surface area contributed by atoms with Gasteiger partial charge < -0.3 is 14.5 Å². The van der Waals surface area contributed by atoms with Crippen LogP contribution in [0.5, 0.6) is 5.75 Å². The number of halogens is 3. The van der Waals surface area contributed by atoms with E-state index in [4.69, 9.17) is 16.0 Å². The summed E-state index contributed by atoms with van der Waals surface area (Å²) in [5.41, 5.74) is 0.570. The van der Waals surface area contributed by atoms with Gasteiger partial charge >= 0.3 is 6.61 Å². The fraction of sp³-hybridized carbons (Fsp3) is 0.286. The zero-order chi connectivity index (χ0) is 14.5. The molecule has 0 radical (unpaired) electrons. The molecule has 1 N–H and O–H groups in total. The molecule has 108 valence electrons. The van der Waals surface area contributed by atoms with E-state index in [2.05, 4.69) is 10.1 Å². The van der Waals surface area contributed by atoms with Gasteiger partial charge in [0.15, 0.2) is 0 Å². The molecule has 3 nitrogen and oxygen atoms in total. The van der Waals surface area contributed by atoms with Crippen LogP contribution in [0, 0.1) is 6.92 Å². The zero-order valence-corrected chi connectivity index (χ0v) is 11.6. The van der Waals surface area contributed by atoms with Gasteiger partial charge in [0.1, 0.15) is 17.3 Å². The molecule has 0 unspecified atom stereocenters.